The van der Waals surface area contributed by atoms with Crippen molar-refractivity contribution in [3.05, 3.63) is 72.9 Å². The summed E-state index contributed by atoms with van der Waals surface area (Å²) in [6.45, 7) is 6.47. The third-order valence-corrected chi connectivity index (χ3v) is 12.7. The van der Waals surface area contributed by atoms with Gasteiger partial charge in [-0.2, -0.15) is 0 Å². The second-order valence-electron chi connectivity index (χ2n) is 19.5. The molecular formula is C63H110O6. The van der Waals surface area contributed by atoms with Gasteiger partial charge in [-0.15, -0.1) is 0 Å². The Balaban J connectivity index is 4.32. The minimum atomic E-state index is -0.781. The van der Waals surface area contributed by atoms with Gasteiger partial charge >= 0.3 is 17.9 Å². The SMILES string of the molecule is CC/C=C\C/C=C\C/C=C\C/C=C\CCCCCCCCCCCCC(=O)OCC(COC(=O)CCCCCCC/C=C\C/C=C\CCC)OC(=O)CCCCCCCCCCCCCCCCC. The van der Waals surface area contributed by atoms with Gasteiger partial charge in [0.25, 0.3) is 0 Å². The number of carbonyl (C=O) groups is 3. The molecule has 0 N–H and O–H groups in total. The first-order valence-corrected chi connectivity index (χ1v) is 29.4. The van der Waals surface area contributed by atoms with E-state index in [0.717, 1.165) is 109 Å². The monoisotopic (exact) mass is 963 g/mol. The molecule has 6 heteroatoms. The fourth-order valence-electron chi connectivity index (χ4n) is 8.30. The van der Waals surface area contributed by atoms with Gasteiger partial charge in [0.1, 0.15) is 13.2 Å². The Kier molecular flexibility index (Phi) is 54.8. The van der Waals surface area contributed by atoms with Gasteiger partial charge in [0.2, 0.25) is 0 Å². The summed E-state index contributed by atoms with van der Waals surface area (Å²) in [7, 11) is 0. The summed E-state index contributed by atoms with van der Waals surface area (Å²) >= 11 is 0. The highest BCUT2D eigenvalue weighted by molar-refractivity contribution is 5.71. The van der Waals surface area contributed by atoms with E-state index < -0.39 is 6.10 Å². The molecule has 0 aromatic heterocycles. The third kappa shape index (κ3) is 55.6. The Morgan fingerprint density at radius 2 is 0.594 bits per heavy atom. The van der Waals surface area contributed by atoms with Crippen molar-refractivity contribution >= 4 is 17.9 Å². The molecule has 0 aliphatic rings. The van der Waals surface area contributed by atoms with Gasteiger partial charge in [-0.05, 0) is 83.5 Å². The summed E-state index contributed by atoms with van der Waals surface area (Å²) in [6.07, 6.45) is 73.2. The summed E-state index contributed by atoms with van der Waals surface area (Å²) in [4.78, 5) is 38.2. The largest absolute Gasteiger partial charge is 0.462 e. The van der Waals surface area contributed by atoms with Crippen LogP contribution in [0.4, 0.5) is 0 Å². The fourth-order valence-corrected chi connectivity index (χ4v) is 8.30. The predicted octanol–water partition coefficient (Wildman–Crippen LogP) is 19.8. The van der Waals surface area contributed by atoms with Crippen molar-refractivity contribution in [3.63, 3.8) is 0 Å². The molecule has 0 rings (SSSR count). The first-order chi connectivity index (χ1) is 34.0. The van der Waals surface area contributed by atoms with E-state index >= 15 is 0 Å². The number of esters is 3. The number of allylic oxidation sites excluding steroid dienone is 12. The van der Waals surface area contributed by atoms with Gasteiger partial charge in [-0.25, -0.2) is 0 Å². The Hall–Kier alpha value is -3.15. The molecule has 0 fully saturated rings. The lowest BCUT2D eigenvalue weighted by Crippen LogP contribution is -2.30. The molecule has 69 heavy (non-hydrogen) atoms. The fraction of sp³-hybridized carbons (Fsp3) is 0.762. The molecule has 0 radical (unpaired) electrons. The molecule has 1 atom stereocenters. The highest BCUT2D eigenvalue weighted by atomic mass is 16.6. The van der Waals surface area contributed by atoms with Crippen molar-refractivity contribution in [2.24, 2.45) is 0 Å². The molecule has 6 nitrogen and oxygen atoms in total. The summed E-state index contributed by atoms with van der Waals surface area (Å²) in [6, 6.07) is 0. The van der Waals surface area contributed by atoms with Crippen LogP contribution >= 0.6 is 0 Å². The molecule has 0 heterocycles. The first-order valence-electron chi connectivity index (χ1n) is 29.4. The summed E-state index contributed by atoms with van der Waals surface area (Å²) < 4.78 is 16.9. The Bertz CT molecular complexity index is 1290. The molecule has 0 spiro atoms. The average molecular weight is 964 g/mol. The number of unbranched alkanes of at least 4 members (excludes halogenated alkanes) is 30. The van der Waals surface area contributed by atoms with Crippen molar-refractivity contribution < 1.29 is 28.6 Å². The van der Waals surface area contributed by atoms with Crippen LogP contribution in [0, 0.1) is 0 Å². The highest BCUT2D eigenvalue weighted by Crippen LogP contribution is 2.16. The van der Waals surface area contributed by atoms with Gasteiger partial charge in [0.15, 0.2) is 6.10 Å². The number of carbonyl (C=O) groups excluding carboxylic acids is 3. The third-order valence-electron chi connectivity index (χ3n) is 12.7. The normalized spacial score (nSPS) is 12.6. The molecule has 398 valence electrons. The second kappa shape index (κ2) is 57.4. The number of rotatable bonds is 53. The summed E-state index contributed by atoms with van der Waals surface area (Å²) in [5.74, 6) is -0.887. The zero-order valence-electron chi connectivity index (χ0n) is 45.6. The Labute approximate surface area is 427 Å². The molecule has 0 aromatic carbocycles. The molecule has 0 aliphatic carbocycles. The molecule has 0 amide bonds. The molecular weight excluding hydrogens is 853 g/mol. The maximum Gasteiger partial charge on any atom is 0.306 e. The molecule has 0 saturated carbocycles. The van der Waals surface area contributed by atoms with E-state index in [2.05, 4.69) is 93.7 Å². The number of ether oxygens (including phenoxy) is 3. The molecule has 0 aliphatic heterocycles. The molecule has 0 saturated heterocycles. The highest BCUT2D eigenvalue weighted by Gasteiger charge is 2.19. The smallest absolute Gasteiger partial charge is 0.306 e. The van der Waals surface area contributed by atoms with Crippen molar-refractivity contribution in [1.82, 2.24) is 0 Å². The Morgan fingerprint density at radius 1 is 0.304 bits per heavy atom. The Morgan fingerprint density at radius 3 is 0.942 bits per heavy atom. The van der Waals surface area contributed by atoms with Crippen molar-refractivity contribution in [3.8, 4) is 0 Å². The van der Waals surface area contributed by atoms with E-state index in [1.54, 1.807) is 0 Å². The van der Waals surface area contributed by atoms with Crippen LogP contribution in [0.5, 0.6) is 0 Å². The van der Waals surface area contributed by atoms with E-state index in [9.17, 15) is 14.4 Å². The van der Waals surface area contributed by atoms with E-state index in [1.165, 1.54) is 141 Å². The zero-order chi connectivity index (χ0) is 50.0. The van der Waals surface area contributed by atoms with Crippen LogP contribution in [0.15, 0.2) is 72.9 Å². The quantitative estimate of drug-likeness (QED) is 0.0262. The van der Waals surface area contributed by atoms with Gasteiger partial charge in [0.05, 0.1) is 0 Å². The number of hydrogen-bond acceptors (Lipinski definition) is 6. The van der Waals surface area contributed by atoms with Crippen LogP contribution < -0.4 is 0 Å². The number of hydrogen-bond donors (Lipinski definition) is 0. The van der Waals surface area contributed by atoms with Crippen LogP contribution in [0.1, 0.15) is 290 Å². The zero-order valence-corrected chi connectivity index (χ0v) is 45.6. The van der Waals surface area contributed by atoms with E-state index in [0.29, 0.717) is 19.3 Å². The lowest BCUT2D eigenvalue weighted by molar-refractivity contribution is -0.167. The summed E-state index contributed by atoms with van der Waals surface area (Å²) in [5.41, 5.74) is 0. The van der Waals surface area contributed by atoms with Gasteiger partial charge in [0, 0.05) is 19.3 Å². The van der Waals surface area contributed by atoms with E-state index in [-0.39, 0.29) is 31.1 Å². The van der Waals surface area contributed by atoms with Crippen LogP contribution in [-0.2, 0) is 28.6 Å². The van der Waals surface area contributed by atoms with Crippen LogP contribution in [0.2, 0.25) is 0 Å². The lowest BCUT2D eigenvalue weighted by Gasteiger charge is -2.18. The van der Waals surface area contributed by atoms with Crippen molar-refractivity contribution in [1.29, 1.82) is 0 Å². The molecule has 0 aromatic rings. The predicted molar refractivity (Wildman–Crippen MR) is 298 cm³/mol. The minimum absolute atomic E-state index is 0.0797. The lowest BCUT2D eigenvalue weighted by atomic mass is 10.0. The van der Waals surface area contributed by atoms with Crippen LogP contribution in [0.25, 0.3) is 0 Å². The topological polar surface area (TPSA) is 78.9 Å². The maximum atomic E-state index is 12.9. The van der Waals surface area contributed by atoms with Crippen LogP contribution in [0.3, 0.4) is 0 Å². The standard InChI is InChI=1S/C63H110O6/c1-4-7-10-13-16-19-22-25-27-28-29-30-31-32-33-34-36-38-41-44-47-50-53-56-62(65)68-59-60(58-67-61(64)55-52-49-46-43-40-37-24-21-18-15-12-9-6-3)69-63(66)57-54-51-48-45-42-39-35-26-23-20-17-14-11-8-5-2/h7,10,12,15-16,19,21,24-25,27,29-30,60H,4-6,8-9,11,13-14,17-18,20,22-23,26,28,31-59H2,1-3H3/b10-7-,15-12-,19-16-,24-21-,27-25-,30-29-. The van der Waals surface area contributed by atoms with Gasteiger partial charge in [-0.1, -0.05) is 261 Å². The van der Waals surface area contributed by atoms with Gasteiger partial charge < -0.3 is 14.2 Å². The summed E-state index contributed by atoms with van der Waals surface area (Å²) in [5, 5.41) is 0. The van der Waals surface area contributed by atoms with Crippen molar-refractivity contribution in [2.45, 2.75) is 297 Å². The second-order valence-corrected chi connectivity index (χ2v) is 19.5. The van der Waals surface area contributed by atoms with Crippen LogP contribution in [-0.4, -0.2) is 37.2 Å². The maximum absolute atomic E-state index is 12.9. The van der Waals surface area contributed by atoms with E-state index in [4.69, 9.17) is 14.2 Å². The first kappa shape index (κ1) is 65.8. The minimum Gasteiger partial charge on any atom is -0.462 e. The van der Waals surface area contributed by atoms with Gasteiger partial charge in [-0.3, -0.25) is 14.4 Å². The molecule has 1 unspecified atom stereocenters. The molecule has 0 bridgehead atoms. The van der Waals surface area contributed by atoms with Crippen molar-refractivity contribution in [2.75, 3.05) is 13.2 Å². The average Bonchev–Trinajstić information content (AvgIpc) is 3.35. The van der Waals surface area contributed by atoms with E-state index in [1.807, 2.05) is 0 Å².